The van der Waals surface area contributed by atoms with E-state index in [4.69, 9.17) is 16.3 Å². The summed E-state index contributed by atoms with van der Waals surface area (Å²) in [5.74, 6) is -1.35. The summed E-state index contributed by atoms with van der Waals surface area (Å²) in [6, 6.07) is 14.4. The van der Waals surface area contributed by atoms with Crippen LogP contribution in [0.4, 0.5) is 0 Å². The van der Waals surface area contributed by atoms with Crippen LogP contribution in [0.3, 0.4) is 0 Å². The number of ether oxygens (including phenoxy) is 1. The van der Waals surface area contributed by atoms with Gasteiger partial charge in [0.1, 0.15) is 5.75 Å². The minimum atomic E-state index is -0.971. The van der Waals surface area contributed by atoms with Gasteiger partial charge in [-0.05, 0) is 49.6 Å². The van der Waals surface area contributed by atoms with Gasteiger partial charge in [-0.25, -0.2) is 0 Å². The number of carboxylic acid groups (broad SMARTS) is 1. The Hall–Kier alpha value is -2.53. The van der Waals surface area contributed by atoms with Gasteiger partial charge >= 0.3 is 5.97 Å². The number of rotatable bonds is 8. The van der Waals surface area contributed by atoms with Gasteiger partial charge in [0.05, 0.1) is 18.4 Å². The summed E-state index contributed by atoms with van der Waals surface area (Å²) in [6.45, 7) is 3.59. The molecule has 1 atom stereocenters. The molecule has 6 heteroatoms. The molecule has 1 amide bonds. The minimum Gasteiger partial charge on any atom is -0.496 e. The normalized spacial score (nSPS) is 12.3. The Kier molecular flexibility index (Phi) is 6.86. The van der Waals surface area contributed by atoms with Crippen molar-refractivity contribution in [2.75, 3.05) is 13.7 Å². The van der Waals surface area contributed by atoms with Crippen LogP contribution in [-0.2, 0) is 21.4 Å². The Morgan fingerprint density at radius 1 is 1.19 bits per heavy atom. The third-order valence-corrected chi connectivity index (χ3v) is 4.87. The molecule has 0 aliphatic heterocycles. The quantitative estimate of drug-likeness (QED) is 0.722. The van der Waals surface area contributed by atoms with E-state index < -0.39 is 17.3 Å². The molecule has 0 aromatic heterocycles. The molecule has 2 aromatic carbocycles. The van der Waals surface area contributed by atoms with E-state index in [0.29, 0.717) is 10.8 Å². The van der Waals surface area contributed by atoms with Crippen molar-refractivity contribution in [2.24, 2.45) is 5.92 Å². The lowest BCUT2D eigenvalue weighted by molar-refractivity contribution is -0.141. The first-order valence-corrected chi connectivity index (χ1v) is 9.02. The van der Waals surface area contributed by atoms with E-state index in [1.165, 1.54) is 0 Å². The number of amides is 1. The highest BCUT2D eigenvalue weighted by Crippen LogP contribution is 2.26. The fraction of sp³-hybridized carbons (Fsp3) is 0.333. The number of carbonyl (C=O) groups excluding carboxylic acids is 1. The monoisotopic (exact) mass is 389 g/mol. The molecular weight excluding hydrogens is 366 g/mol. The topological polar surface area (TPSA) is 75.6 Å². The van der Waals surface area contributed by atoms with Gasteiger partial charge in [-0.1, -0.05) is 41.9 Å². The first kappa shape index (κ1) is 20.8. The summed E-state index contributed by atoms with van der Waals surface area (Å²) in [6.07, 6.45) is 0.261. The number of methoxy groups -OCH3 is 1. The molecule has 2 N–H and O–H groups in total. The van der Waals surface area contributed by atoms with Crippen LogP contribution in [0.25, 0.3) is 0 Å². The van der Waals surface area contributed by atoms with E-state index in [2.05, 4.69) is 5.32 Å². The summed E-state index contributed by atoms with van der Waals surface area (Å²) in [7, 11) is 1.55. The van der Waals surface area contributed by atoms with Gasteiger partial charge in [0.15, 0.2) is 0 Å². The van der Waals surface area contributed by atoms with Crippen molar-refractivity contribution in [2.45, 2.75) is 25.7 Å². The molecule has 0 spiro atoms. The predicted octanol–water partition coefficient (Wildman–Crippen LogP) is 3.69. The second-order valence-corrected chi connectivity index (χ2v) is 7.33. The number of aliphatic carboxylic acids is 1. The fourth-order valence-corrected chi connectivity index (χ4v) is 3.02. The van der Waals surface area contributed by atoms with Crippen LogP contribution < -0.4 is 10.1 Å². The highest BCUT2D eigenvalue weighted by Gasteiger charge is 2.31. The Balaban J connectivity index is 2.09. The van der Waals surface area contributed by atoms with Crippen molar-refractivity contribution in [3.63, 3.8) is 0 Å². The molecule has 0 heterocycles. The molecule has 144 valence electrons. The van der Waals surface area contributed by atoms with Crippen molar-refractivity contribution < 1.29 is 19.4 Å². The molecule has 1 unspecified atom stereocenters. The highest BCUT2D eigenvalue weighted by molar-refractivity contribution is 6.30. The maximum Gasteiger partial charge on any atom is 0.308 e. The van der Waals surface area contributed by atoms with Crippen LogP contribution in [-0.4, -0.2) is 30.6 Å². The predicted molar refractivity (Wildman–Crippen MR) is 105 cm³/mol. The number of hydrogen-bond donors (Lipinski definition) is 2. The zero-order valence-electron chi connectivity index (χ0n) is 15.7. The third-order valence-electron chi connectivity index (χ3n) is 4.63. The van der Waals surface area contributed by atoms with Gasteiger partial charge in [0.2, 0.25) is 5.91 Å². The summed E-state index contributed by atoms with van der Waals surface area (Å²) >= 11 is 6.02. The van der Waals surface area contributed by atoms with Crippen LogP contribution in [0.15, 0.2) is 48.5 Å². The SMILES string of the molecule is COc1ccccc1CC(CNC(=O)C(C)(C)c1cccc(Cl)c1)C(=O)O. The summed E-state index contributed by atoms with van der Waals surface area (Å²) in [5, 5.41) is 12.9. The van der Waals surface area contributed by atoms with Crippen molar-refractivity contribution >= 4 is 23.5 Å². The minimum absolute atomic E-state index is 0.0240. The largest absolute Gasteiger partial charge is 0.496 e. The molecule has 0 saturated carbocycles. The zero-order valence-corrected chi connectivity index (χ0v) is 16.4. The lowest BCUT2D eigenvalue weighted by atomic mass is 9.83. The number of benzene rings is 2. The van der Waals surface area contributed by atoms with E-state index in [9.17, 15) is 14.7 Å². The Morgan fingerprint density at radius 2 is 1.89 bits per heavy atom. The van der Waals surface area contributed by atoms with Crippen LogP contribution in [0, 0.1) is 5.92 Å². The Bertz CT molecular complexity index is 819. The Labute approximate surface area is 164 Å². The number of nitrogens with one attached hydrogen (secondary N) is 1. The van der Waals surface area contributed by atoms with Gasteiger partial charge < -0.3 is 15.2 Å². The van der Waals surface area contributed by atoms with Gasteiger partial charge in [-0.15, -0.1) is 0 Å². The second-order valence-electron chi connectivity index (χ2n) is 6.90. The molecule has 0 radical (unpaired) electrons. The lowest BCUT2D eigenvalue weighted by Crippen LogP contribution is -2.43. The standard InChI is InChI=1S/C21H24ClNO4/c1-21(2,16-8-6-9-17(22)12-16)20(26)23-13-15(19(24)25)11-14-7-4-5-10-18(14)27-3/h4-10,12,15H,11,13H2,1-3H3,(H,23,26)(H,24,25). The van der Waals surface area contributed by atoms with E-state index in [0.717, 1.165) is 11.1 Å². The molecule has 0 aliphatic rings. The first-order chi connectivity index (χ1) is 12.8. The van der Waals surface area contributed by atoms with Gasteiger partial charge in [0, 0.05) is 11.6 Å². The van der Waals surface area contributed by atoms with Crippen LogP contribution in [0.2, 0.25) is 5.02 Å². The number of carboxylic acids is 1. The van der Waals surface area contributed by atoms with E-state index >= 15 is 0 Å². The van der Waals surface area contributed by atoms with Crippen LogP contribution in [0.1, 0.15) is 25.0 Å². The molecule has 0 fully saturated rings. The maximum absolute atomic E-state index is 12.7. The van der Waals surface area contributed by atoms with Crippen molar-refractivity contribution in [3.05, 3.63) is 64.7 Å². The molecule has 5 nitrogen and oxygen atoms in total. The van der Waals surface area contributed by atoms with Gasteiger partial charge in [-0.3, -0.25) is 9.59 Å². The van der Waals surface area contributed by atoms with E-state index in [1.54, 1.807) is 45.2 Å². The average Bonchev–Trinajstić information content (AvgIpc) is 2.64. The third kappa shape index (κ3) is 5.23. The smallest absolute Gasteiger partial charge is 0.308 e. The van der Waals surface area contributed by atoms with Crippen molar-refractivity contribution in [3.8, 4) is 5.75 Å². The number of halogens is 1. The van der Waals surface area contributed by atoms with Crippen molar-refractivity contribution in [1.29, 1.82) is 0 Å². The number of para-hydroxylation sites is 1. The van der Waals surface area contributed by atoms with Crippen LogP contribution in [0.5, 0.6) is 5.75 Å². The molecular formula is C21H24ClNO4. The number of hydrogen-bond acceptors (Lipinski definition) is 3. The molecule has 2 rings (SSSR count). The molecule has 0 bridgehead atoms. The highest BCUT2D eigenvalue weighted by atomic mass is 35.5. The molecule has 27 heavy (non-hydrogen) atoms. The molecule has 0 saturated heterocycles. The van der Waals surface area contributed by atoms with Crippen LogP contribution >= 0.6 is 11.6 Å². The van der Waals surface area contributed by atoms with E-state index in [1.807, 2.05) is 24.3 Å². The second kappa shape index (κ2) is 8.91. The fourth-order valence-electron chi connectivity index (χ4n) is 2.83. The maximum atomic E-state index is 12.7. The lowest BCUT2D eigenvalue weighted by Gasteiger charge is -2.25. The van der Waals surface area contributed by atoms with Gasteiger partial charge in [0.25, 0.3) is 0 Å². The van der Waals surface area contributed by atoms with E-state index in [-0.39, 0.29) is 18.9 Å². The summed E-state index contributed by atoms with van der Waals surface area (Å²) in [5.41, 5.74) is 0.720. The molecule has 0 aliphatic carbocycles. The number of carbonyl (C=O) groups is 2. The molecule has 2 aromatic rings. The zero-order chi connectivity index (χ0) is 20.0. The van der Waals surface area contributed by atoms with Gasteiger partial charge in [-0.2, -0.15) is 0 Å². The summed E-state index contributed by atoms with van der Waals surface area (Å²) < 4.78 is 5.28. The average molecular weight is 390 g/mol. The van der Waals surface area contributed by atoms with Crippen molar-refractivity contribution in [1.82, 2.24) is 5.32 Å². The first-order valence-electron chi connectivity index (χ1n) is 8.64. The summed E-state index contributed by atoms with van der Waals surface area (Å²) in [4.78, 5) is 24.4. The Morgan fingerprint density at radius 3 is 2.52 bits per heavy atom.